The van der Waals surface area contributed by atoms with Crippen molar-refractivity contribution < 1.29 is 9.15 Å². The maximum Gasteiger partial charge on any atom is 0.276 e. The average Bonchev–Trinajstić information content (AvgIpc) is 2.85. The van der Waals surface area contributed by atoms with Crippen LogP contribution in [0.5, 0.6) is 5.75 Å². The zero-order valence-electron chi connectivity index (χ0n) is 9.42. The number of aromatic nitrogens is 2. The minimum absolute atomic E-state index is 0.274. The van der Waals surface area contributed by atoms with Gasteiger partial charge in [-0.05, 0) is 17.7 Å². The van der Waals surface area contributed by atoms with E-state index in [0.29, 0.717) is 11.1 Å². The molecule has 0 atom stereocenters. The number of ether oxygens (including phenoxy) is 1. The van der Waals surface area contributed by atoms with Gasteiger partial charge in [-0.25, -0.2) is 0 Å². The van der Waals surface area contributed by atoms with Gasteiger partial charge in [0.2, 0.25) is 5.89 Å². The first-order valence-electron chi connectivity index (χ1n) is 5.10. The molecule has 2 N–H and O–H groups in total. The summed E-state index contributed by atoms with van der Waals surface area (Å²) < 4.78 is 10.4. The zero-order valence-corrected chi connectivity index (χ0v) is 10.2. The largest absolute Gasteiger partial charge is 0.497 e. The van der Waals surface area contributed by atoms with Crippen molar-refractivity contribution in [1.29, 1.82) is 0 Å². The van der Waals surface area contributed by atoms with Crippen LogP contribution in [-0.4, -0.2) is 17.3 Å². The van der Waals surface area contributed by atoms with E-state index in [1.54, 1.807) is 7.11 Å². The fraction of sp³-hybridized carbons (Fsp3) is 0.273. The Labute approximate surface area is 103 Å². The van der Waals surface area contributed by atoms with Crippen LogP contribution < -0.4 is 10.5 Å². The Balaban J connectivity index is 1.92. The molecule has 0 aliphatic rings. The predicted octanol–water partition coefficient (Wildman–Crippen LogP) is 1.83. The van der Waals surface area contributed by atoms with E-state index >= 15 is 0 Å². The Hall–Kier alpha value is -1.53. The summed E-state index contributed by atoms with van der Waals surface area (Å²) in [6.07, 6.45) is 0. The van der Waals surface area contributed by atoms with Crippen molar-refractivity contribution in [3.8, 4) is 5.75 Å². The lowest BCUT2D eigenvalue weighted by atomic mass is 10.2. The number of rotatable bonds is 5. The van der Waals surface area contributed by atoms with Gasteiger partial charge in [0.25, 0.3) is 5.22 Å². The van der Waals surface area contributed by atoms with Gasteiger partial charge in [-0.15, -0.1) is 10.2 Å². The van der Waals surface area contributed by atoms with Crippen LogP contribution in [0.1, 0.15) is 11.5 Å². The van der Waals surface area contributed by atoms with E-state index < -0.39 is 0 Å². The van der Waals surface area contributed by atoms with E-state index in [9.17, 15) is 0 Å². The molecule has 0 saturated carbocycles. The highest BCUT2D eigenvalue weighted by Gasteiger charge is 2.05. The summed E-state index contributed by atoms with van der Waals surface area (Å²) in [5.74, 6) is 2.08. The van der Waals surface area contributed by atoms with Crippen molar-refractivity contribution in [1.82, 2.24) is 10.2 Å². The number of nitrogens with two attached hydrogens (primary N) is 1. The molecule has 0 radical (unpaired) electrons. The molecule has 0 spiro atoms. The van der Waals surface area contributed by atoms with Gasteiger partial charge in [-0.2, -0.15) is 0 Å². The molecule has 2 aromatic rings. The first-order chi connectivity index (χ1) is 8.31. The summed E-state index contributed by atoms with van der Waals surface area (Å²) in [4.78, 5) is 0. The second-order valence-corrected chi connectivity index (χ2v) is 4.23. The van der Waals surface area contributed by atoms with Gasteiger partial charge < -0.3 is 14.9 Å². The molecule has 1 aromatic carbocycles. The van der Waals surface area contributed by atoms with E-state index in [4.69, 9.17) is 14.9 Å². The van der Waals surface area contributed by atoms with Crippen molar-refractivity contribution in [2.75, 3.05) is 7.11 Å². The molecular formula is C11H13N3O2S. The van der Waals surface area contributed by atoms with Gasteiger partial charge in [-0.1, -0.05) is 23.9 Å². The molecule has 2 rings (SSSR count). The average molecular weight is 251 g/mol. The highest BCUT2D eigenvalue weighted by Crippen LogP contribution is 2.22. The monoisotopic (exact) mass is 251 g/mol. The van der Waals surface area contributed by atoms with Crippen molar-refractivity contribution in [2.24, 2.45) is 5.73 Å². The molecule has 0 aliphatic heterocycles. The van der Waals surface area contributed by atoms with Gasteiger partial charge in [0.15, 0.2) is 0 Å². The van der Waals surface area contributed by atoms with E-state index in [1.807, 2.05) is 24.3 Å². The van der Waals surface area contributed by atoms with Gasteiger partial charge in [-0.3, -0.25) is 0 Å². The van der Waals surface area contributed by atoms with Gasteiger partial charge in [0, 0.05) is 5.75 Å². The van der Waals surface area contributed by atoms with Crippen molar-refractivity contribution in [3.63, 3.8) is 0 Å². The molecule has 90 valence electrons. The fourth-order valence-corrected chi connectivity index (χ4v) is 1.98. The second-order valence-electron chi connectivity index (χ2n) is 3.30. The molecule has 17 heavy (non-hydrogen) atoms. The third-order valence-electron chi connectivity index (χ3n) is 2.14. The number of thioether (sulfide) groups is 1. The third kappa shape index (κ3) is 3.21. The molecular weight excluding hydrogens is 238 g/mol. The molecule has 0 unspecified atom stereocenters. The summed E-state index contributed by atoms with van der Waals surface area (Å²) in [5, 5.41) is 8.21. The van der Waals surface area contributed by atoms with Crippen molar-refractivity contribution >= 4 is 11.8 Å². The highest BCUT2D eigenvalue weighted by atomic mass is 32.2. The predicted molar refractivity (Wildman–Crippen MR) is 64.7 cm³/mol. The fourth-order valence-electron chi connectivity index (χ4n) is 1.25. The molecule has 0 bridgehead atoms. The summed E-state index contributed by atoms with van der Waals surface area (Å²) in [6.45, 7) is 0.274. The highest BCUT2D eigenvalue weighted by molar-refractivity contribution is 7.98. The van der Waals surface area contributed by atoms with Gasteiger partial charge in [0.1, 0.15) is 5.75 Å². The second kappa shape index (κ2) is 5.70. The topological polar surface area (TPSA) is 74.2 Å². The molecule has 0 aliphatic carbocycles. The zero-order chi connectivity index (χ0) is 12.1. The Kier molecular flexibility index (Phi) is 4.00. The van der Waals surface area contributed by atoms with Crippen LogP contribution >= 0.6 is 11.8 Å². The number of benzene rings is 1. The lowest BCUT2D eigenvalue weighted by Crippen LogP contribution is -1.95. The summed E-state index contributed by atoms with van der Waals surface area (Å²) >= 11 is 1.49. The molecule has 5 nitrogen and oxygen atoms in total. The van der Waals surface area contributed by atoms with Crippen LogP contribution in [0.15, 0.2) is 33.9 Å². The standard InChI is InChI=1S/C11H13N3O2S/c1-15-9-4-2-8(3-5-9)7-17-11-14-13-10(6-12)16-11/h2-5H,6-7,12H2,1H3. The Morgan fingerprint density at radius 1 is 1.29 bits per heavy atom. The van der Waals surface area contributed by atoms with Crippen LogP contribution in [-0.2, 0) is 12.3 Å². The summed E-state index contributed by atoms with van der Waals surface area (Å²) in [7, 11) is 1.65. The van der Waals surface area contributed by atoms with Gasteiger partial charge >= 0.3 is 0 Å². The van der Waals surface area contributed by atoms with Crippen LogP contribution in [0, 0.1) is 0 Å². The Morgan fingerprint density at radius 2 is 2.06 bits per heavy atom. The van der Waals surface area contributed by atoms with E-state index in [0.717, 1.165) is 11.5 Å². The molecule has 0 fully saturated rings. The smallest absolute Gasteiger partial charge is 0.276 e. The molecule has 0 amide bonds. The lowest BCUT2D eigenvalue weighted by Gasteiger charge is -2.01. The first-order valence-corrected chi connectivity index (χ1v) is 6.08. The van der Waals surface area contributed by atoms with Crippen LogP contribution in [0.25, 0.3) is 0 Å². The SMILES string of the molecule is COc1ccc(CSc2nnc(CN)o2)cc1. The van der Waals surface area contributed by atoms with Gasteiger partial charge in [0.05, 0.1) is 13.7 Å². The Morgan fingerprint density at radius 3 is 2.65 bits per heavy atom. The third-order valence-corrected chi connectivity index (χ3v) is 3.03. The summed E-state index contributed by atoms with van der Waals surface area (Å²) in [5.41, 5.74) is 6.55. The molecule has 6 heteroatoms. The van der Waals surface area contributed by atoms with Crippen LogP contribution in [0.3, 0.4) is 0 Å². The molecule has 1 aromatic heterocycles. The number of hydrogen-bond donors (Lipinski definition) is 1. The first kappa shape index (κ1) is 11.9. The number of nitrogens with zero attached hydrogens (tertiary/aromatic N) is 2. The quantitative estimate of drug-likeness (QED) is 0.817. The van der Waals surface area contributed by atoms with Crippen LogP contribution in [0.2, 0.25) is 0 Å². The normalized spacial score (nSPS) is 10.5. The minimum Gasteiger partial charge on any atom is -0.497 e. The van der Waals surface area contributed by atoms with Crippen LogP contribution in [0.4, 0.5) is 0 Å². The van der Waals surface area contributed by atoms with E-state index in [1.165, 1.54) is 17.3 Å². The minimum atomic E-state index is 0.274. The maximum atomic E-state index is 5.38. The number of hydrogen-bond acceptors (Lipinski definition) is 6. The lowest BCUT2D eigenvalue weighted by molar-refractivity contribution is 0.414. The maximum absolute atomic E-state index is 5.38. The molecule has 1 heterocycles. The van der Waals surface area contributed by atoms with Crippen molar-refractivity contribution in [2.45, 2.75) is 17.5 Å². The van der Waals surface area contributed by atoms with Crippen molar-refractivity contribution in [3.05, 3.63) is 35.7 Å². The van der Waals surface area contributed by atoms with E-state index in [-0.39, 0.29) is 6.54 Å². The van der Waals surface area contributed by atoms with E-state index in [2.05, 4.69) is 10.2 Å². The number of methoxy groups -OCH3 is 1. The molecule has 0 saturated heterocycles. The summed E-state index contributed by atoms with van der Waals surface area (Å²) in [6, 6.07) is 7.86. The Bertz CT molecular complexity index is 470.